The van der Waals surface area contributed by atoms with Gasteiger partial charge < -0.3 is 20.1 Å². The quantitative estimate of drug-likeness (QED) is 0.690. The van der Waals surface area contributed by atoms with Crippen LogP contribution in [0.15, 0.2) is 0 Å². The number of rotatable bonds is 6. The predicted molar refractivity (Wildman–Crippen MR) is 66.4 cm³/mol. The number of likely N-dealkylation sites (tertiary alicyclic amines) is 1. The first-order chi connectivity index (χ1) is 8.50. The van der Waals surface area contributed by atoms with Gasteiger partial charge in [-0.2, -0.15) is 0 Å². The van der Waals surface area contributed by atoms with Crippen molar-refractivity contribution in [3.05, 3.63) is 0 Å². The molecule has 1 fully saturated rings. The van der Waals surface area contributed by atoms with Crippen molar-refractivity contribution >= 4 is 12.0 Å². The molecule has 2 amide bonds. The van der Waals surface area contributed by atoms with Gasteiger partial charge in [0.25, 0.3) is 0 Å². The second-order valence-electron chi connectivity index (χ2n) is 4.92. The molecule has 0 aromatic carbocycles. The monoisotopic (exact) mass is 258 g/mol. The highest BCUT2D eigenvalue weighted by molar-refractivity contribution is 5.74. The van der Waals surface area contributed by atoms with Gasteiger partial charge in [-0.3, -0.25) is 0 Å². The van der Waals surface area contributed by atoms with Gasteiger partial charge in [0.1, 0.15) is 6.61 Å². The number of amides is 2. The average molecular weight is 258 g/mol. The van der Waals surface area contributed by atoms with Crippen molar-refractivity contribution in [2.45, 2.75) is 20.3 Å². The molecule has 0 radical (unpaired) electrons. The van der Waals surface area contributed by atoms with E-state index in [1.807, 2.05) is 4.90 Å². The minimum absolute atomic E-state index is 0.0860. The zero-order valence-corrected chi connectivity index (χ0v) is 11.0. The lowest BCUT2D eigenvalue weighted by molar-refractivity contribution is -0.142. The minimum Gasteiger partial charge on any atom is -0.480 e. The molecule has 0 aliphatic carbocycles. The summed E-state index contributed by atoms with van der Waals surface area (Å²) in [4.78, 5) is 23.7. The first-order valence-electron chi connectivity index (χ1n) is 6.33. The molecule has 0 aromatic rings. The van der Waals surface area contributed by atoms with E-state index in [2.05, 4.69) is 19.2 Å². The molecule has 1 aliphatic heterocycles. The van der Waals surface area contributed by atoms with Crippen molar-refractivity contribution < 1.29 is 19.4 Å². The van der Waals surface area contributed by atoms with Gasteiger partial charge in [0, 0.05) is 19.6 Å². The molecule has 6 nitrogen and oxygen atoms in total. The zero-order valence-electron chi connectivity index (χ0n) is 11.0. The van der Waals surface area contributed by atoms with E-state index in [-0.39, 0.29) is 19.2 Å². The molecule has 0 spiro atoms. The van der Waals surface area contributed by atoms with E-state index >= 15 is 0 Å². The third-order valence-electron chi connectivity index (χ3n) is 3.20. The number of carboxylic acids is 1. The lowest BCUT2D eigenvalue weighted by Gasteiger charge is -2.18. The van der Waals surface area contributed by atoms with Crippen molar-refractivity contribution in [3.8, 4) is 0 Å². The summed E-state index contributed by atoms with van der Waals surface area (Å²) in [6.07, 6.45) is 1.06. The lowest BCUT2D eigenvalue weighted by Crippen LogP contribution is -2.40. The van der Waals surface area contributed by atoms with E-state index in [1.165, 1.54) is 0 Å². The first kappa shape index (κ1) is 14.8. The Kier molecular flexibility index (Phi) is 5.91. The molecule has 6 heteroatoms. The number of hydrogen-bond donors (Lipinski definition) is 2. The number of carbonyl (C=O) groups excluding carboxylic acids is 1. The molecular formula is C12H22N2O4. The van der Waals surface area contributed by atoms with Gasteiger partial charge in [-0.15, -0.1) is 0 Å². The van der Waals surface area contributed by atoms with Crippen LogP contribution in [-0.2, 0) is 9.53 Å². The Morgan fingerprint density at radius 2 is 2.22 bits per heavy atom. The van der Waals surface area contributed by atoms with Crippen LogP contribution in [0.1, 0.15) is 20.3 Å². The number of hydrogen-bond acceptors (Lipinski definition) is 3. The maximum Gasteiger partial charge on any atom is 0.329 e. The summed E-state index contributed by atoms with van der Waals surface area (Å²) < 4.78 is 4.83. The third-order valence-corrected chi connectivity index (χ3v) is 3.20. The number of urea groups is 1. The second-order valence-corrected chi connectivity index (χ2v) is 4.92. The molecule has 1 unspecified atom stereocenters. The third kappa shape index (κ3) is 4.91. The number of nitrogens with one attached hydrogen (secondary N) is 1. The smallest absolute Gasteiger partial charge is 0.329 e. The van der Waals surface area contributed by atoms with Gasteiger partial charge in [0.15, 0.2) is 0 Å². The summed E-state index contributed by atoms with van der Waals surface area (Å²) in [5, 5.41) is 11.1. The van der Waals surface area contributed by atoms with Gasteiger partial charge in [-0.25, -0.2) is 9.59 Å². The highest BCUT2D eigenvalue weighted by Crippen LogP contribution is 2.23. The van der Waals surface area contributed by atoms with E-state index < -0.39 is 5.97 Å². The Labute approximate surface area is 107 Å². The first-order valence-corrected chi connectivity index (χ1v) is 6.33. The van der Waals surface area contributed by atoms with Crippen molar-refractivity contribution in [1.82, 2.24) is 10.2 Å². The maximum atomic E-state index is 11.8. The van der Waals surface area contributed by atoms with Crippen LogP contribution in [0.3, 0.4) is 0 Å². The number of nitrogens with zero attached hydrogens (tertiary/aromatic N) is 1. The Hall–Kier alpha value is -1.30. The largest absolute Gasteiger partial charge is 0.480 e. The molecule has 1 aliphatic rings. The summed E-state index contributed by atoms with van der Waals surface area (Å²) in [6.45, 7) is 6.19. The molecule has 0 aromatic heterocycles. The zero-order chi connectivity index (χ0) is 13.5. The maximum absolute atomic E-state index is 11.8. The fourth-order valence-corrected chi connectivity index (χ4v) is 2.02. The Morgan fingerprint density at radius 3 is 2.78 bits per heavy atom. The Bertz CT molecular complexity index is 294. The van der Waals surface area contributed by atoms with Crippen LogP contribution < -0.4 is 5.32 Å². The van der Waals surface area contributed by atoms with Crippen molar-refractivity contribution in [3.63, 3.8) is 0 Å². The van der Waals surface area contributed by atoms with E-state index in [4.69, 9.17) is 9.84 Å². The highest BCUT2D eigenvalue weighted by atomic mass is 16.5. The summed E-state index contributed by atoms with van der Waals surface area (Å²) in [7, 11) is 0. The fourth-order valence-electron chi connectivity index (χ4n) is 2.02. The Morgan fingerprint density at radius 1 is 1.50 bits per heavy atom. The van der Waals surface area contributed by atoms with Crippen LogP contribution in [0.25, 0.3) is 0 Å². The molecule has 1 rings (SSSR count). The van der Waals surface area contributed by atoms with E-state index in [9.17, 15) is 9.59 Å². The minimum atomic E-state index is -0.999. The predicted octanol–water partition coefficient (Wildman–Crippen LogP) is 0.775. The number of ether oxygens (including phenoxy) is 1. The van der Waals surface area contributed by atoms with Crippen LogP contribution in [0, 0.1) is 11.8 Å². The number of aliphatic carboxylic acids is 1. The molecule has 1 heterocycles. The summed E-state index contributed by atoms with van der Waals surface area (Å²) in [5.74, 6) is 0.182. The molecule has 0 saturated carbocycles. The molecule has 18 heavy (non-hydrogen) atoms. The molecule has 1 saturated heterocycles. The molecular weight excluding hydrogens is 236 g/mol. The molecule has 1 atom stereocenters. The van der Waals surface area contributed by atoms with Crippen LogP contribution >= 0.6 is 0 Å². The fraction of sp³-hybridized carbons (Fsp3) is 0.833. The molecule has 2 N–H and O–H groups in total. The second kappa shape index (κ2) is 7.20. The SMILES string of the molecule is CC(C)C1CCN(C(=O)NCCOCC(=O)O)C1. The van der Waals surface area contributed by atoms with E-state index in [0.29, 0.717) is 18.4 Å². The van der Waals surface area contributed by atoms with Gasteiger partial charge in [0.2, 0.25) is 0 Å². The summed E-state index contributed by atoms with van der Waals surface area (Å²) in [5.41, 5.74) is 0. The van der Waals surface area contributed by atoms with Gasteiger partial charge in [-0.05, 0) is 18.3 Å². The van der Waals surface area contributed by atoms with E-state index in [0.717, 1.165) is 19.5 Å². The van der Waals surface area contributed by atoms with Crippen LogP contribution in [0.2, 0.25) is 0 Å². The topological polar surface area (TPSA) is 78.9 Å². The normalized spacial score (nSPS) is 19.3. The van der Waals surface area contributed by atoms with Gasteiger partial charge in [-0.1, -0.05) is 13.8 Å². The van der Waals surface area contributed by atoms with Gasteiger partial charge >= 0.3 is 12.0 Å². The number of carbonyl (C=O) groups is 2. The molecule has 104 valence electrons. The Balaban J connectivity index is 2.12. The van der Waals surface area contributed by atoms with Crippen molar-refractivity contribution in [2.24, 2.45) is 11.8 Å². The number of carboxylic acid groups (broad SMARTS) is 1. The van der Waals surface area contributed by atoms with Crippen LogP contribution in [-0.4, -0.2) is 54.9 Å². The van der Waals surface area contributed by atoms with Crippen LogP contribution in [0.5, 0.6) is 0 Å². The molecule has 0 bridgehead atoms. The summed E-state index contributed by atoms with van der Waals surface area (Å²) >= 11 is 0. The van der Waals surface area contributed by atoms with E-state index in [1.54, 1.807) is 0 Å². The standard InChI is InChI=1S/C12H22N2O4/c1-9(2)10-3-5-14(7-10)12(17)13-4-6-18-8-11(15)16/h9-10H,3-8H2,1-2H3,(H,13,17)(H,15,16). The van der Waals surface area contributed by atoms with Crippen LogP contribution in [0.4, 0.5) is 4.79 Å². The van der Waals surface area contributed by atoms with Gasteiger partial charge in [0.05, 0.1) is 6.61 Å². The average Bonchev–Trinajstić information content (AvgIpc) is 2.77. The highest BCUT2D eigenvalue weighted by Gasteiger charge is 2.27. The summed E-state index contributed by atoms with van der Waals surface area (Å²) in [6, 6.07) is -0.0860. The van der Waals surface area contributed by atoms with Crippen molar-refractivity contribution in [1.29, 1.82) is 0 Å². The lowest BCUT2D eigenvalue weighted by atomic mass is 9.95. The van der Waals surface area contributed by atoms with Crippen molar-refractivity contribution in [2.75, 3.05) is 32.8 Å².